The number of carbonyl (C=O) groups is 2. The van der Waals surface area contributed by atoms with Crippen LogP contribution in [0.4, 0.5) is 0 Å². The van der Waals surface area contributed by atoms with Crippen molar-refractivity contribution < 1.29 is 32.8 Å². The third-order valence-electron chi connectivity index (χ3n) is 5.44. The maximum atomic E-state index is 12.3. The van der Waals surface area contributed by atoms with Crippen molar-refractivity contribution in [3.8, 4) is 0 Å². The largest absolute Gasteiger partial charge is 0.481 e. The molecule has 3 unspecified atom stereocenters. The van der Waals surface area contributed by atoms with Crippen LogP contribution in [0.15, 0.2) is 0 Å². The molecule has 0 saturated heterocycles. The minimum Gasteiger partial charge on any atom is -0.481 e. The van der Waals surface area contributed by atoms with E-state index in [2.05, 4.69) is 0 Å². The van der Waals surface area contributed by atoms with E-state index in [0.717, 1.165) is 25.7 Å². The van der Waals surface area contributed by atoms with Crippen molar-refractivity contribution in [2.24, 2.45) is 17.3 Å². The maximum absolute atomic E-state index is 12.3. The fourth-order valence-electron chi connectivity index (χ4n) is 3.99. The Morgan fingerprint density at radius 1 is 0.885 bits per heavy atom. The molecule has 3 atom stereocenters. The maximum Gasteiger partial charge on any atom is 0.325 e. The summed E-state index contributed by atoms with van der Waals surface area (Å²) in [6.45, 7) is 7.14. The normalized spacial score (nSPS) is 17.9. The fourth-order valence-corrected chi connectivity index (χ4v) is 5.31. The standard InChI is InChI=1S/C18H34O7S/c1-5-7-9-11-13(3)18(17(21)22,14(4)12-10-8-6-2)15(16(19)20)26(23,24)25/h13-15H,5-12H2,1-4H3,(H,19,20)(H,21,22)(H,23,24,25). The lowest BCUT2D eigenvalue weighted by atomic mass is 9.62. The Labute approximate surface area is 156 Å². The van der Waals surface area contributed by atoms with E-state index in [-0.39, 0.29) is 0 Å². The monoisotopic (exact) mass is 394 g/mol. The van der Waals surface area contributed by atoms with Crippen molar-refractivity contribution in [2.75, 3.05) is 0 Å². The van der Waals surface area contributed by atoms with Crippen LogP contribution < -0.4 is 0 Å². The van der Waals surface area contributed by atoms with E-state index in [1.165, 1.54) is 0 Å². The molecule has 154 valence electrons. The Kier molecular flexibility index (Phi) is 10.4. The molecule has 0 saturated carbocycles. The summed E-state index contributed by atoms with van der Waals surface area (Å²) in [7, 11) is -5.10. The topological polar surface area (TPSA) is 129 Å². The Morgan fingerprint density at radius 3 is 1.50 bits per heavy atom. The summed E-state index contributed by atoms with van der Waals surface area (Å²) < 4.78 is 33.4. The summed E-state index contributed by atoms with van der Waals surface area (Å²) in [5, 5.41) is 17.2. The first-order chi connectivity index (χ1) is 12.0. The number of hydrogen-bond acceptors (Lipinski definition) is 4. The lowest BCUT2D eigenvalue weighted by Crippen LogP contribution is -2.58. The van der Waals surface area contributed by atoms with Crippen molar-refractivity contribution in [1.29, 1.82) is 0 Å². The molecule has 3 N–H and O–H groups in total. The van der Waals surface area contributed by atoms with Crippen molar-refractivity contribution in [3.63, 3.8) is 0 Å². The summed E-state index contributed by atoms with van der Waals surface area (Å²) in [6.07, 6.45) is 5.61. The van der Waals surface area contributed by atoms with Crippen LogP contribution in [-0.2, 0) is 19.7 Å². The van der Waals surface area contributed by atoms with Gasteiger partial charge in [0.25, 0.3) is 10.1 Å². The number of hydrogen-bond donors (Lipinski definition) is 3. The van der Waals surface area contributed by atoms with Crippen LogP contribution >= 0.6 is 0 Å². The fraction of sp³-hybridized carbons (Fsp3) is 0.889. The van der Waals surface area contributed by atoms with Crippen LogP contribution in [0.3, 0.4) is 0 Å². The van der Waals surface area contributed by atoms with Crippen LogP contribution in [0, 0.1) is 17.3 Å². The van der Waals surface area contributed by atoms with Crippen molar-refractivity contribution in [1.82, 2.24) is 0 Å². The minimum absolute atomic E-state index is 0.386. The van der Waals surface area contributed by atoms with E-state index >= 15 is 0 Å². The quantitative estimate of drug-likeness (QED) is 0.301. The molecule has 0 spiro atoms. The van der Waals surface area contributed by atoms with Gasteiger partial charge in [0.1, 0.15) is 5.41 Å². The van der Waals surface area contributed by atoms with Gasteiger partial charge in [-0.2, -0.15) is 8.42 Å². The van der Waals surface area contributed by atoms with Crippen LogP contribution in [-0.4, -0.2) is 40.4 Å². The van der Waals surface area contributed by atoms with Gasteiger partial charge in [0.15, 0.2) is 5.25 Å². The highest BCUT2D eigenvalue weighted by Gasteiger charge is 2.61. The Balaban J connectivity index is 6.21. The van der Waals surface area contributed by atoms with Gasteiger partial charge in [-0.25, -0.2) is 0 Å². The van der Waals surface area contributed by atoms with Gasteiger partial charge >= 0.3 is 11.9 Å². The number of aliphatic carboxylic acids is 2. The molecule has 0 aromatic rings. The Bertz CT molecular complexity index is 540. The zero-order chi connectivity index (χ0) is 20.5. The SMILES string of the molecule is CCCCCC(C)C(C(=O)O)(C(C)CCCCC)C(C(=O)O)S(=O)(=O)O. The van der Waals surface area contributed by atoms with Gasteiger partial charge in [0, 0.05) is 0 Å². The van der Waals surface area contributed by atoms with Crippen LogP contribution in [0.5, 0.6) is 0 Å². The first-order valence-electron chi connectivity index (χ1n) is 9.40. The second-order valence-corrected chi connectivity index (χ2v) is 8.77. The van der Waals surface area contributed by atoms with E-state index in [0.29, 0.717) is 25.7 Å². The van der Waals surface area contributed by atoms with Gasteiger partial charge in [-0.05, 0) is 24.7 Å². The molecular formula is C18H34O7S. The predicted octanol–water partition coefficient (Wildman–Crippen LogP) is 3.83. The lowest BCUT2D eigenvalue weighted by molar-refractivity contribution is -0.164. The molecule has 0 aromatic carbocycles. The van der Waals surface area contributed by atoms with E-state index in [9.17, 15) is 32.8 Å². The summed E-state index contributed by atoms with van der Waals surface area (Å²) in [4.78, 5) is 24.1. The predicted molar refractivity (Wildman–Crippen MR) is 99.7 cm³/mol. The highest BCUT2D eigenvalue weighted by Crippen LogP contribution is 2.47. The van der Waals surface area contributed by atoms with Gasteiger partial charge < -0.3 is 10.2 Å². The molecule has 0 amide bonds. The third-order valence-corrected chi connectivity index (χ3v) is 6.63. The zero-order valence-electron chi connectivity index (χ0n) is 16.3. The molecule has 0 rings (SSSR count). The van der Waals surface area contributed by atoms with E-state index in [4.69, 9.17) is 0 Å². The van der Waals surface area contributed by atoms with Gasteiger partial charge in [-0.3, -0.25) is 14.1 Å². The first-order valence-corrected chi connectivity index (χ1v) is 10.9. The Morgan fingerprint density at radius 2 is 1.27 bits per heavy atom. The third kappa shape index (κ3) is 5.94. The second-order valence-electron chi connectivity index (χ2n) is 7.27. The smallest absolute Gasteiger partial charge is 0.325 e. The highest BCUT2D eigenvalue weighted by molar-refractivity contribution is 7.87. The molecule has 0 aromatic heterocycles. The van der Waals surface area contributed by atoms with E-state index < -0.39 is 44.6 Å². The van der Waals surface area contributed by atoms with Crippen molar-refractivity contribution in [2.45, 2.75) is 84.3 Å². The lowest BCUT2D eigenvalue weighted by Gasteiger charge is -2.43. The molecule has 7 nitrogen and oxygen atoms in total. The summed E-state index contributed by atoms with van der Waals surface area (Å²) in [6, 6.07) is 0. The molecule has 26 heavy (non-hydrogen) atoms. The minimum atomic E-state index is -5.10. The molecule has 0 aliphatic rings. The molecule has 0 heterocycles. The van der Waals surface area contributed by atoms with Crippen LogP contribution in [0.1, 0.15) is 79.1 Å². The van der Waals surface area contributed by atoms with Gasteiger partial charge in [0.2, 0.25) is 0 Å². The molecule has 0 aliphatic heterocycles. The number of rotatable bonds is 14. The molecule has 0 bridgehead atoms. The average Bonchev–Trinajstić information content (AvgIpc) is 2.50. The average molecular weight is 395 g/mol. The van der Waals surface area contributed by atoms with Gasteiger partial charge in [-0.15, -0.1) is 0 Å². The second kappa shape index (κ2) is 10.9. The van der Waals surface area contributed by atoms with Crippen molar-refractivity contribution in [3.05, 3.63) is 0 Å². The first kappa shape index (κ1) is 24.8. The van der Waals surface area contributed by atoms with Gasteiger partial charge in [-0.1, -0.05) is 66.2 Å². The number of unbranched alkanes of at least 4 members (excludes halogenated alkanes) is 4. The van der Waals surface area contributed by atoms with Crippen LogP contribution in [0.25, 0.3) is 0 Å². The molecule has 0 fully saturated rings. The molecule has 0 aliphatic carbocycles. The number of carboxylic acid groups (broad SMARTS) is 2. The molecular weight excluding hydrogens is 360 g/mol. The zero-order valence-corrected chi connectivity index (χ0v) is 17.1. The van der Waals surface area contributed by atoms with E-state index in [1.807, 2.05) is 13.8 Å². The Hall–Kier alpha value is -1.15. The van der Waals surface area contributed by atoms with Crippen LogP contribution in [0.2, 0.25) is 0 Å². The summed E-state index contributed by atoms with van der Waals surface area (Å²) in [5.74, 6) is -4.73. The van der Waals surface area contributed by atoms with Crippen molar-refractivity contribution >= 4 is 22.1 Å². The molecule has 0 radical (unpaired) electrons. The molecule has 8 heteroatoms. The highest BCUT2D eigenvalue weighted by atomic mass is 32.2. The summed E-state index contributed by atoms with van der Waals surface area (Å²) >= 11 is 0. The number of carboxylic acids is 2. The van der Waals surface area contributed by atoms with E-state index in [1.54, 1.807) is 13.8 Å². The summed E-state index contributed by atoms with van der Waals surface area (Å²) in [5.41, 5.74) is -2.08. The van der Waals surface area contributed by atoms with Gasteiger partial charge in [0.05, 0.1) is 0 Å².